The predicted molar refractivity (Wildman–Crippen MR) is 105 cm³/mol. The zero-order valence-corrected chi connectivity index (χ0v) is 16.7. The Kier molecular flexibility index (Phi) is 5.01. The van der Waals surface area contributed by atoms with E-state index in [1.54, 1.807) is 0 Å². The van der Waals surface area contributed by atoms with Crippen LogP contribution < -0.4 is 0 Å². The predicted octanol–water partition coefficient (Wildman–Crippen LogP) is 2.13. The molecule has 1 aromatic rings. The van der Waals surface area contributed by atoms with Gasteiger partial charge in [-0.25, -0.2) is 0 Å². The van der Waals surface area contributed by atoms with Gasteiger partial charge in [-0.05, 0) is 63.2 Å². The fraction of sp³-hybridized carbons (Fsp3) is 0.714. The molecule has 2 amide bonds. The molecule has 3 fully saturated rings. The fourth-order valence-corrected chi connectivity index (χ4v) is 5.08. The Morgan fingerprint density at radius 3 is 2.63 bits per heavy atom. The van der Waals surface area contributed by atoms with Crippen molar-refractivity contribution in [2.75, 3.05) is 39.8 Å². The molecule has 3 aliphatic rings. The van der Waals surface area contributed by atoms with Gasteiger partial charge in [0.2, 0.25) is 5.91 Å². The maximum absolute atomic E-state index is 12.8. The second-order valence-electron chi connectivity index (χ2n) is 8.77. The molecule has 1 aromatic heterocycles. The van der Waals surface area contributed by atoms with Crippen molar-refractivity contribution in [2.45, 2.75) is 51.5 Å². The van der Waals surface area contributed by atoms with E-state index in [4.69, 9.17) is 0 Å². The van der Waals surface area contributed by atoms with Crippen LogP contribution in [0, 0.1) is 5.41 Å². The van der Waals surface area contributed by atoms with E-state index in [9.17, 15) is 9.59 Å². The highest BCUT2D eigenvalue weighted by Gasteiger charge is 2.44. The quantitative estimate of drug-likeness (QED) is 0.884. The average molecular weight is 373 g/mol. The molecule has 0 radical (unpaired) electrons. The van der Waals surface area contributed by atoms with Crippen LogP contribution in [0.2, 0.25) is 0 Å². The lowest BCUT2D eigenvalue weighted by Gasteiger charge is -2.48. The molecule has 4 rings (SSSR count). The first-order valence-corrected chi connectivity index (χ1v) is 10.4. The van der Waals surface area contributed by atoms with Gasteiger partial charge in [-0.3, -0.25) is 9.59 Å². The fourth-order valence-electron chi connectivity index (χ4n) is 5.08. The molecule has 3 aliphatic heterocycles. The normalized spacial score (nSPS) is 26.1. The summed E-state index contributed by atoms with van der Waals surface area (Å²) in [5.74, 6) is 0.448. The lowest BCUT2D eigenvalue weighted by molar-refractivity contribution is -0.141. The van der Waals surface area contributed by atoms with Crippen LogP contribution in [0.5, 0.6) is 0 Å². The summed E-state index contributed by atoms with van der Waals surface area (Å²) >= 11 is 0. The molecule has 1 spiro atoms. The summed E-state index contributed by atoms with van der Waals surface area (Å²) in [4.78, 5) is 35.0. The molecule has 6 heteroatoms. The number of aryl methyl sites for hydroxylation is 1. The third kappa shape index (κ3) is 3.64. The number of H-pyrrole nitrogens is 1. The first kappa shape index (κ1) is 18.5. The van der Waals surface area contributed by atoms with Gasteiger partial charge in [0, 0.05) is 44.3 Å². The van der Waals surface area contributed by atoms with E-state index >= 15 is 0 Å². The minimum absolute atomic E-state index is 0.116. The van der Waals surface area contributed by atoms with Crippen LogP contribution in [-0.2, 0) is 11.2 Å². The van der Waals surface area contributed by atoms with Gasteiger partial charge in [0.15, 0.2) is 0 Å². The van der Waals surface area contributed by atoms with Gasteiger partial charge in [0.25, 0.3) is 5.91 Å². The van der Waals surface area contributed by atoms with Crippen molar-refractivity contribution in [1.29, 1.82) is 0 Å². The van der Waals surface area contributed by atoms with Crippen molar-refractivity contribution in [3.63, 3.8) is 0 Å². The van der Waals surface area contributed by atoms with Crippen molar-refractivity contribution in [3.05, 3.63) is 23.5 Å². The average Bonchev–Trinajstić information content (AvgIpc) is 3.33. The molecule has 1 N–H and O–H groups in total. The minimum atomic E-state index is 0.116. The number of likely N-dealkylation sites (tertiary alicyclic amines) is 3. The maximum Gasteiger partial charge on any atom is 0.270 e. The van der Waals surface area contributed by atoms with E-state index in [-0.39, 0.29) is 11.3 Å². The third-order valence-corrected chi connectivity index (χ3v) is 6.97. The molecule has 0 aliphatic carbocycles. The number of amides is 2. The molecule has 4 heterocycles. The molecule has 27 heavy (non-hydrogen) atoms. The van der Waals surface area contributed by atoms with Crippen molar-refractivity contribution in [1.82, 2.24) is 19.7 Å². The van der Waals surface area contributed by atoms with Gasteiger partial charge >= 0.3 is 0 Å². The lowest BCUT2D eigenvalue weighted by Crippen LogP contribution is -2.55. The SMILES string of the molecule is CCc1ccc(C(=O)N2CCC3(CCC(=O)N([C@H]4CCN(C)C4)C3)CC2)[nH]1. The number of aromatic amines is 1. The van der Waals surface area contributed by atoms with E-state index in [2.05, 4.69) is 28.8 Å². The van der Waals surface area contributed by atoms with Crippen LogP contribution in [0.3, 0.4) is 0 Å². The number of aromatic nitrogens is 1. The van der Waals surface area contributed by atoms with Crippen LogP contribution in [0.15, 0.2) is 12.1 Å². The topological polar surface area (TPSA) is 59.7 Å². The highest BCUT2D eigenvalue weighted by molar-refractivity contribution is 5.92. The second-order valence-corrected chi connectivity index (χ2v) is 8.77. The molecule has 6 nitrogen and oxygen atoms in total. The zero-order valence-electron chi connectivity index (χ0n) is 16.7. The number of rotatable bonds is 3. The van der Waals surface area contributed by atoms with E-state index in [1.165, 1.54) is 0 Å². The Bertz CT molecular complexity index is 705. The Morgan fingerprint density at radius 1 is 1.22 bits per heavy atom. The number of nitrogens with one attached hydrogen (secondary N) is 1. The summed E-state index contributed by atoms with van der Waals surface area (Å²) in [6, 6.07) is 4.29. The molecule has 0 aromatic carbocycles. The van der Waals surface area contributed by atoms with E-state index in [0.717, 1.165) is 70.5 Å². The van der Waals surface area contributed by atoms with Gasteiger partial charge in [-0.15, -0.1) is 0 Å². The smallest absolute Gasteiger partial charge is 0.270 e. The summed E-state index contributed by atoms with van der Waals surface area (Å²) in [5.41, 5.74) is 2.02. The Hall–Kier alpha value is -1.82. The van der Waals surface area contributed by atoms with E-state index in [1.807, 2.05) is 17.0 Å². The van der Waals surface area contributed by atoms with Crippen molar-refractivity contribution < 1.29 is 9.59 Å². The monoisotopic (exact) mass is 372 g/mol. The summed E-state index contributed by atoms with van der Waals surface area (Å²) < 4.78 is 0. The number of carbonyl (C=O) groups is 2. The molecule has 3 saturated heterocycles. The summed E-state index contributed by atoms with van der Waals surface area (Å²) in [6.07, 6.45) is 5.67. The molecule has 0 unspecified atom stereocenters. The van der Waals surface area contributed by atoms with Crippen LogP contribution >= 0.6 is 0 Å². The largest absolute Gasteiger partial charge is 0.354 e. The first-order chi connectivity index (χ1) is 13.0. The number of likely N-dealkylation sites (N-methyl/N-ethyl adjacent to an activating group) is 1. The molecular weight excluding hydrogens is 340 g/mol. The Balaban J connectivity index is 1.38. The van der Waals surface area contributed by atoms with Gasteiger partial charge in [0.1, 0.15) is 5.69 Å². The highest BCUT2D eigenvalue weighted by atomic mass is 16.2. The molecule has 148 valence electrons. The molecular formula is C21H32N4O2. The zero-order chi connectivity index (χ0) is 19.0. The highest BCUT2D eigenvalue weighted by Crippen LogP contribution is 2.41. The number of piperidine rings is 2. The van der Waals surface area contributed by atoms with Gasteiger partial charge < -0.3 is 19.7 Å². The van der Waals surface area contributed by atoms with E-state index < -0.39 is 0 Å². The number of hydrogen-bond acceptors (Lipinski definition) is 3. The first-order valence-electron chi connectivity index (χ1n) is 10.4. The summed E-state index contributed by atoms with van der Waals surface area (Å²) in [5, 5.41) is 0. The second kappa shape index (κ2) is 7.30. The number of hydrogen-bond donors (Lipinski definition) is 1. The van der Waals surface area contributed by atoms with Crippen molar-refractivity contribution in [3.8, 4) is 0 Å². The van der Waals surface area contributed by atoms with E-state index in [0.29, 0.717) is 24.1 Å². The number of carbonyl (C=O) groups excluding carboxylic acids is 2. The van der Waals surface area contributed by atoms with Crippen molar-refractivity contribution >= 4 is 11.8 Å². The van der Waals surface area contributed by atoms with Crippen molar-refractivity contribution in [2.24, 2.45) is 5.41 Å². The van der Waals surface area contributed by atoms with Gasteiger partial charge in [0.05, 0.1) is 0 Å². The van der Waals surface area contributed by atoms with Crippen LogP contribution in [-0.4, -0.2) is 77.3 Å². The van der Waals surface area contributed by atoms with Gasteiger partial charge in [-0.2, -0.15) is 0 Å². The van der Waals surface area contributed by atoms with Crippen LogP contribution in [0.25, 0.3) is 0 Å². The van der Waals surface area contributed by atoms with Crippen LogP contribution in [0.1, 0.15) is 55.2 Å². The summed E-state index contributed by atoms with van der Waals surface area (Å²) in [7, 11) is 2.14. The molecule has 0 saturated carbocycles. The Morgan fingerprint density at radius 2 is 2.00 bits per heavy atom. The minimum Gasteiger partial charge on any atom is -0.354 e. The Labute approximate surface area is 161 Å². The lowest BCUT2D eigenvalue weighted by atomic mass is 9.72. The standard InChI is InChI=1S/C21H32N4O2/c1-3-16-4-5-18(22-16)20(27)24-12-9-21(10-13-24)8-6-19(26)25(15-21)17-7-11-23(2)14-17/h4-5,17,22H,3,6-15H2,1-2H3/t17-/m0/s1. The molecule has 0 bridgehead atoms. The maximum atomic E-state index is 12.8. The van der Waals surface area contributed by atoms with Crippen LogP contribution in [0.4, 0.5) is 0 Å². The van der Waals surface area contributed by atoms with Gasteiger partial charge in [-0.1, -0.05) is 6.92 Å². The molecule has 1 atom stereocenters. The third-order valence-electron chi connectivity index (χ3n) is 6.97. The summed E-state index contributed by atoms with van der Waals surface area (Å²) in [6.45, 7) is 6.65. The number of nitrogens with zero attached hydrogens (tertiary/aromatic N) is 3.